The highest BCUT2D eigenvalue weighted by molar-refractivity contribution is 5.70. The van der Waals surface area contributed by atoms with Gasteiger partial charge in [0.25, 0.3) is 0 Å². The zero-order valence-electron chi connectivity index (χ0n) is 14.5. The van der Waals surface area contributed by atoms with Crippen LogP contribution in [0.4, 0.5) is 4.79 Å². The molecule has 6 nitrogen and oxygen atoms in total. The van der Waals surface area contributed by atoms with Gasteiger partial charge in [0.05, 0.1) is 6.04 Å². The third-order valence-corrected chi connectivity index (χ3v) is 4.76. The Labute approximate surface area is 152 Å². The van der Waals surface area contributed by atoms with Crippen LogP contribution in [0, 0.1) is 0 Å². The number of rotatable bonds is 5. The highest BCUT2D eigenvalue weighted by Crippen LogP contribution is 2.36. The van der Waals surface area contributed by atoms with Crippen LogP contribution in [0.3, 0.4) is 0 Å². The maximum atomic E-state index is 12.2. The third-order valence-electron chi connectivity index (χ3n) is 4.76. The largest absolute Gasteiger partial charge is 0.454 e. The molecule has 1 amide bonds. The number of likely N-dealkylation sites (tertiary alicyclic amines) is 1. The Hall–Kier alpha value is -2.73. The molecule has 2 aliphatic heterocycles. The molecule has 1 fully saturated rings. The van der Waals surface area contributed by atoms with Gasteiger partial charge >= 0.3 is 6.09 Å². The number of carbonyl (C=O) groups is 1. The fourth-order valence-corrected chi connectivity index (χ4v) is 3.44. The smallest absolute Gasteiger partial charge is 0.412 e. The van der Waals surface area contributed by atoms with Crippen molar-refractivity contribution in [2.24, 2.45) is 0 Å². The van der Waals surface area contributed by atoms with Gasteiger partial charge in [0.1, 0.15) is 5.75 Å². The SMILES string of the molecule is O=C(NCC(c1ccc2c(c1)OCO2)N1CCCC1)Oc1ccccc1. The van der Waals surface area contributed by atoms with Crippen molar-refractivity contribution in [1.82, 2.24) is 10.2 Å². The summed E-state index contributed by atoms with van der Waals surface area (Å²) in [5.41, 5.74) is 1.11. The first-order valence-corrected chi connectivity index (χ1v) is 8.94. The molecule has 0 bridgehead atoms. The Bertz CT molecular complexity index is 760. The number of carbonyl (C=O) groups excluding carboxylic acids is 1. The van der Waals surface area contributed by atoms with Crippen molar-refractivity contribution in [2.45, 2.75) is 18.9 Å². The molecule has 2 aliphatic rings. The monoisotopic (exact) mass is 354 g/mol. The Morgan fingerprint density at radius 3 is 2.65 bits per heavy atom. The third kappa shape index (κ3) is 3.75. The molecule has 0 radical (unpaired) electrons. The van der Waals surface area contributed by atoms with Crippen molar-refractivity contribution in [3.63, 3.8) is 0 Å². The summed E-state index contributed by atoms with van der Waals surface area (Å²) in [7, 11) is 0. The molecule has 1 unspecified atom stereocenters. The molecule has 26 heavy (non-hydrogen) atoms. The summed E-state index contributed by atoms with van der Waals surface area (Å²) in [4.78, 5) is 14.5. The lowest BCUT2D eigenvalue weighted by atomic mass is 10.0. The molecule has 0 aliphatic carbocycles. The maximum Gasteiger partial charge on any atom is 0.412 e. The van der Waals surface area contributed by atoms with Gasteiger partial charge in [-0.1, -0.05) is 24.3 Å². The summed E-state index contributed by atoms with van der Waals surface area (Å²) in [6.45, 7) is 2.78. The molecular formula is C20H22N2O4. The number of para-hydroxylation sites is 1. The minimum atomic E-state index is -0.443. The van der Waals surface area contributed by atoms with E-state index in [-0.39, 0.29) is 12.8 Å². The van der Waals surface area contributed by atoms with Crippen LogP contribution in [0.15, 0.2) is 48.5 Å². The van der Waals surface area contributed by atoms with Gasteiger partial charge in [-0.2, -0.15) is 0 Å². The summed E-state index contributed by atoms with van der Waals surface area (Å²) in [5.74, 6) is 2.06. The average Bonchev–Trinajstić information content (AvgIpc) is 3.34. The molecule has 0 aromatic heterocycles. The van der Waals surface area contributed by atoms with Gasteiger partial charge in [-0.25, -0.2) is 4.79 Å². The van der Waals surface area contributed by atoms with E-state index in [1.54, 1.807) is 12.1 Å². The number of nitrogens with one attached hydrogen (secondary N) is 1. The topological polar surface area (TPSA) is 60.0 Å². The second kappa shape index (κ2) is 7.66. The number of ether oxygens (including phenoxy) is 3. The first-order valence-electron chi connectivity index (χ1n) is 8.94. The van der Waals surface area contributed by atoms with Crippen LogP contribution in [-0.4, -0.2) is 37.4 Å². The van der Waals surface area contributed by atoms with Gasteiger partial charge in [-0.3, -0.25) is 4.90 Å². The minimum Gasteiger partial charge on any atom is -0.454 e. The Balaban J connectivity index is 1.44. The molecule has 136 valence electrons. The molecule has 6 heteroatoms. The van der Waals surface area contributed by atoms with E-state index in [0.717, 1.165) is 30.2 Å². The molecule has 1 saturated heterocycles. The first-order chi connectivity index (χ1) is 12.8. The van der Waals surface area contributed by atoms with Gasteiger partial charge in [-0.05, 0) is 55.8 Å². The second-order valence-electron chi connectivity index (χ2n) is 6.46. The lowest BCUT2D eigenvalue weighted by Crippen LogP contribution is -2.37. The molecule has 1 atom stereocenters. The molecule has 0 spiro atoms. The minimum absolute atomic E-state index is 0.0790. The van der Waals surface area contributed by atoms with Crippen molar-refractivity contribution >= 4 is 6.09 Å². The van der Waals surface area contributed by atoms with E-state index in [9.17, 15) is 4.79 Å². The van der Waals surface area contributed by atoms with Gasteiger partial charge in [0.2, 0.25) is 6.79 Å². The molecular weight excluding hydrogens is 332 g/mol. The van der Waals surface area contributed by atoms with Crippen LogP contribution >= 0.6 is 0 Å². The van der Waals surface area contributed by atoms with E-state index in [1.165, 1.54) is 12.8 Å². The van der Waals surface area contributed by atoms with Crippen LogP contribution in [0.25, 0.3) is 0 Å². The highest BCUT2D eigenvalue weighted by Gasteiger charge is 2.26. The van der Waals surface area contributed by atoms with Gasteiger partial charge in [0, 0.05) is 6.54 Å². The van der Waals surface area contributed by atoms with Crippen molar-refractivity contribution < 1.29 is 19.0 Å². The summed E-state index contributed by atoms with van der Waals surface area (Å²) in [5, 5.41) is 2.90. The van der Waals surface area contributed by atoms with Crippen LogP contribution < -0.4 is 19.5 Å². The van der Waals surface area contributed by atoms with E-state index >= 15 is 0 Å². The Morgan fingerprint density at radius 1 is 1.08 bits per heavy atom. The lowest BCUT2D eigenvalue weighted by Gasteiger charge is -2.28. The molecule has 1 N–H and O–H groups in total. The quantitative estimate of drug-likeness (QED) is 0.892. The fraction of sp³-hybridized carbons (Fsp3) is 0.350. The molecule has 4 rings (SSSR count). The van der Waals surface area contributed by atoms with Crippen molar-refractivity contribution in [3.05, 3.63) is 54.1 Å². The molecule has 2 aromatic rings. The zero-order valence-corrected chi connectivity index (χ0v) is 14.5. The van der Waals surface area contributed by atoms with E-state index < -0.39 is 6.09 Å². The summed E-state index contributed by atoms with van der Waals surface area (Å²) in [6.07, 6.45) is 1.91. The van der Waals surface area contributed by atoms with Crippen molar-refractivity contribution in [3.8, 4) is 17.2 Å². The van der Waals surface area contributed by atoms with Crippen LogP contribution in [0.5, 0.6) is 17.2 Å². The van der Waals surface area contributed by atoms with E-state index in [1.807, 2.05) is 36.4 Å². The predicted molar refractivity (Wildman–Crippen MR) is 96.6 cm³/mol. The first kappa shape index (κ1) is 16.7. The second-order valence-corrected chi connectivity index (χ2v) is 6.46. The molecule has 0 saturated carbocycles. The number of hydrogen-bond acceptors (Lipinski definition) is 5. The highest BCUT2D eigenvalue weighted by atomic mass is 16.7. The van der Waals surface area contributed by atoms with Crippen LogP contribution in [0.2, 0.25) is 0 Å². The summed E-state index contributed by atoms with van der Waals surface area (Å²) in [6, 6.07) is 15.1. The van der Waals surface area contributed by atoms with Gasteiger partial charge in [0.15, 0.2) is 11.5 Å². The standard InChI is InChI=1S/C20H22N2O4/c23-20(26-16-6-2-1-3-7-16)21-13-17(22-10-4-5-11-22)15-8-9-18-19(12-15)25-14-24-18/h1-3,6-9,12,17H,4-5,10-11,13-14H2,(H,21,23). The average molecular weight is 354 g/mol. The van der Waals surface area contributed by atoms with Crippen molar-refractivity contribution in [2.75, 3.05) is 26.4 Å². The lowest BCUT2D eigenvalue weighted by molar-refractivity contribution is 0.173. The Kier molecular flexibility index (Phi) is 4.93. The van der Waals surface area contributed by atoms with E-state index in [4.69, 9.17) is 14.2 Å². The van der Waals surface area contributed by atoms with Crippen LogP contribution in [-0.2, 0) is 0 Å². The summed E-state index contributed by atoms with van der Waals surface area (Å²) < 4.78 is 16.2. The van der Waals surface area contributed by atoms with E-state index in [0.29, 0.717) is 12.3 Å². The number of amides is 1. The number of hydrogen-bond donors (Lipinski definition) is 1. The maximum absolute atomic E-state index is 12.2. The zero-order chi connectivity index (χ0) is 17.8. The molecule has 2 heterocycles. The Morgan fingerprint density at radius 2 is 1.85 bits per heavy atom. The van der Waals surface area contributed by atoms with Crippen molar-refractivity contribution in [1.29, 1.82) is 0 Å². The summed E-state index contributed by atoms with van der Waals surface area (Å²) >= 11 is 0. The van der Waals surface area contributed by atoms with Gasteiger partial charge < -0.3 is 19.5 Å². The number of fused-ring (bicyclic) bond motifs is 1. The van der Waals surface area contributed by atoms with E-state index in [2.05, 4.69) is 10.2 Å². The fourth-order valence-electron chi connectivity index (χ4n) is 3.44. The number of nitrogens with zero attached hydrogens (tertiary/aromatic N) is 1. The van der Waals surface area contributed by atoms with Crippen LogP contribution in [0.1, 0.15) is 24.4 Å². The predicted octanol–water partition coefficient (Wildman–Crippen LogP) is 3.34. The normalized spacial score (nSPS) is 17.1. The molecule has 2 aromatic carbocycles. The van der Waals surface area contributed by atoms with Gasteiger partial charge in [-0.15, -0.1) is 0 Å². The number of benzene rings is 2.